The minimum Gasteiger partial charge on any atom is -0.477 e. The lowest BCUT2D eigenvalue weighted by Crippen LogP contribution is -2.42. The van der Waals surface area contributed by atoms with Crippen LogP contribution in [0, 0.1) is 10.1 Å². The number of carboxylic acids is 1. The molecule has 0 aliphatic carbocycles. The van der Waals surface area contributed by atoms with Crippen molar-refractivity contribution in [2.24, 2.45) is 0 Å². The summed E-state index contributed by atoms with van der Waals surface area (Å²) in [6.45, 7) is -0.600. The minimum absolute atomic E-state index is 0.0306. The molecule has 11 heteroatoms. The second-order valence-corrected chi connectivity index (χ2v) is 7.43. The van der Waals surface area contributed by atoms with Crippen molar-refractivity contribution in [3.63, 3.8) is 0 Å². The number of carbonyl (C=O) groups excluding carboxylic acids is 1. The van der Waals surface area contributed by atoms with Crippen molar-refractivity contribution in [2.75, 3.05) is 18.1 Å². The number of nitro benzene ring substituents is 1. The number of benzene rings is 1. The zero-order valence-electron chi connectivity index (χ0n) is 13.3. The molecule has 1 amide bonds. The summed E-state index contributed by atoms with van der Waals surface area (Å²) in [5.74, 6) is -0.764. The van der Waals surface area contributed by atoms with Crippen LogP contribution in [0.4, 0.5) is 5.69 Å². The highest BCUT2D eigenvalue weighted by Crippen LogP contribution is 2.34. The Hall–Kier alpha value is -2.08. The normalized spacial score (nSPS) is 16.7. The van der Waals surface area contributed by atoms with Crippen LogP contribution in [0.5, 0.6) is 0 Å². The number of hydrogen-bond acceptors (Lipinski definition) is 8. The SMILES string of the molecule is O=C(O)C1=C(C(=O)NC(CO)[C@@H](O)c2ccc([N+](=O)[O-])cc2)SCCS1. The average molecular weight is 400 g/mol. The Morgan fingerprint density at radius 1 is 1.19 bits per heavy atom. The van der Waals surface area contributed by atoms with Crippen molar-refractivity contribution in [1.29, 1.82) is 0 Å². The lowest BCUT2D eigenvalue weighted by atomic mass is 10.0. The van der Waals surface area contributed by atoms with Gasteiger partial charge in [-0.1, -0.05) is 0 Å². The third-order valence-electron chi connectivity index (χ3n) is 3.52. The van der Waals surface area contributed by atoms with Gasteiger partial charge in [0.1, 0.15) is 11.0 Å². The van der Waals surface area contributed by atoms with Crippen LogP contribution in [-0.2, 0) is 9.59 Å². The maximum atomic E-state index is 12.4. The Balaban J connectivity index is 2.16. The van der Waals surface area contributed by atoms with Gasteiger partial charge in [-0.3, -0.25) is 14.9 Å². The van der Waals surface area contributed by atoms with E-state index in [0.29, 0.717) is 11.5 Å². The third-order valence-corrected chi connectivity index (χ3v) is 6.07. The number of nitro groups is 1. The van der Waals surface area contributed by atoms with Crippen LogP contribution in [0.1, 0.15) is 11.7 Å². The fraction of sp³-hybridized carbons (Fsp3) is 0.333. The first-order valence-electron chi connectivity index (χ1n) is 7.42. The molecule has 1 aliphatic rings. The van der Waals surface area contributed by atoms with E-state index >= 15 is 0 Å². The van der Waals surface area contributed by atoms with Gasteiger partial charge in [-0.05, 0) is 17.7 Å². The number of hydrogen-bond donors (Lipinski definition) is 4. The fourth-order valence-electron chi connectivity index (χ4n) is 2.23. The lowest BCUT2D eigenvalue weighted by molar-refractivity contribution is -0.384. The Kier molecular flexibility index (Phi) is 7.03. The van der Waals surface area contributed by atoms with Gasteiger partial charge in [0.2, 0.25) is 0 Å². The van der Waals surface area contributed by atoms with Gasteiger partial charge in [0.25, 0.3) is 11.6 Å². The van der Waals surface area contributed by atoms with Crippen LogP contribution >= 0.6 is 23.5 Å². The number of carboxylic acid groups (broad SMARTS) is 1. The van der Waals surface area contributed by atoms with Gasteiger partial charge in [-0.15, -0.1) is 23.5 Å². The van der Waals surface area contributed by atoms with E-state index in [-0.39, 0.29) is 21.1 Å². The second-order valence-electron chi connectivity index (χ2n) is 5.22. The van der Waals surface area contributed by atoms with Crippen molar-refractivity contribution < 1.29 is 29.8 Å². The number of aliphatic carboxylic acids is 1. The van der Waals surface area contributed by atoms with Crippen LogP contribution in [-0.4, -0.2) is 56.3 Å². The van der Waals surface area contributed by atoms with E-state index in [1.807, 2.05) is 0 Å². The van der Waals surface area contributed by atoms with E-state index in [2.05, 4.69) is 5.32 Å². The molecule has 0 radical (unpaired) electrons. The Morgan fingerprint density at radius 3 is 2.27 bits per heavy atom. The summed E-state index contributed by atoms with van der Waals surface area (Å²) in [7, 11) is 0. The molecule has 1 heterocycles. The number of aliphatic hydroxyl groups is 2. The van der Waals surface area contributed by atoms with E-state index in [4.69, 9.17) is 0 Å². The van der Waals surface area contributed by atoms with Crippen molar-refractivity contribution in [1.82, 2.24) is 5.32 Å². The van der Waals surface area contributed by atoms with Crippen LogP contribution in [0.3, 0.4) is 0 Å². The molecular weight excluding hydrogens is 384 g/mol. The highest BCUT2D eigenvalue weighted by atomic mass is 32.2. The first-order chi connectivity index (χ1) is 12.3. The van der Waals surface area contributed by atoms with Crippen molar-refractivity contribution in [3.05, 3.63) is 49.8 Å². The van der Waals surface area contributed by atoms with Crippen molar-refractivity contribution in [2.45, 2.75) is 12.1 Å². The highest BCUT2D eigenvalue weighted by molar-refractivity contribution is 8.11. The first kappa shape index (κ1) is 20.2. The minimum atomic E-state index is -1.32. The summed E-state index contributed by atoms with van der Waals surface area (Å²) >= 11 is 2.16. The van der Waals surface area contributed by atoms with Gasteiger partial charge in [0, 0.05) is 23.6 Å². The summed E-state index contributed by atoms with van der Waals surface area (Å²) in [4.78, 5) is 33.7. The van der Waals surface area contributed by atoms with Crippen molar-refractivity contribution in [3.8, 4) is 0 Å². The van der Waals surface area contributed by atoms with Gasteiger partial charge in [-0.2, -0.15) is 0 Å². The number of thioether (sulfide) groups is 2. The number of nitrogens with one attached hydrogen (secondary N) is 1. The maximum absolute atomic E-state index is 12.4. The monoisotopic (exact) mass is 400 g/mol. The van der Waals surface area contributed by atoms with E-state index in [9.17, 15) is 35.0 Å². The summed E-state index contributed by atoms with van der Waals surface area (Å²) in [6.07, 6.45) is -1.32. The molecule has 140 valence electrons. The first-order valence-corrected chi connectivity index (χ1v) is 9.39. The third kappa shape index (κ3) is 4.75. The Morgan fingerprint density at radius 2 is 1.77 bits per heavy atom. The molecule has 2 rings (SSSR count). The van der Waals surface area contributed by atoms with Gasteiger partial charge in [0.15, 0.2) is 0 Å². The van der Waals surface area contributed by atoms with E-state index in [0.717, 1.165) is 23.5 Å². The second kappa shape index (κ2) is 9.03. The predicted octanol–water partition coefficient (Wildman–Crippen LogP) is 0.881. The van der Waals surface area contributed by atoms with Crippen molar-refractivity contribution >= 4 is 41.1 Å². The molecule has 4 N–H and O–H groups in total. The topological polar surface area (TPSA) is 150 Å². The summed E-state index contributed by atoms with van der Waals surface area (Å²) in [6, 6.07) is 3.95. The van der Waals surface area contributed by atoms with E-state index in [1.165, 1.54) is 24.3 Å². The number of aliphatic hydroxyl groups excluding tert-OH is 2. The quantitative estimate of drug-likeness (QED) is 0.386. The van der Waals surface area contributed by atoms with E-state index in [1.54, 1.807) is 0 Å². The average Bonchev–Trinajstić information content (AvgIpc) is 2.65. The zero-order chi connectivity index (χ0) is 19.3. The Labute approximate surface area is 156 Å². The number of nitrogens with zero attached hydrogens (tertiary/aromatic N) is 1. The van der Waals surface area contributed by atoms with Crippen LogP contribution < -0.4 is 5.32 Å². The number of non-ortho nitro benzene ring substituents is 1. The number of carbonyl (C=O) groups is 2. The largest absolute Gasteiger partial charge is 0.477 e. The van der Waals surface area contributed by atoms with Crippen LogP contribution in [0.25, 0.3) is 0 Å². The molecule has 1 aromatic carbocycles. The summed E-state index contributed by atoms with van der Waals surface area (Å²) < 4.78 is 0. The molecule has 1 unspecified atom stereocenters. The molecule has 1 aliphatic heterocycles. The number of amides is 1. The maximum Gasteiger partial charge on any atom is 0.343 e. The standard InChI is InChI=1S/C15H16N2O7S2/c18-7-10(11(19)8-1-3-9(4-2-8)17(23)24)16-14(20)12-13(15(21)22)26-6-5-25-12/h1-4,10-11,18-19H,5-7H2,(H,16,20)(H,21,22)/t10?,11-/m0/s1. The van der Waals surface area contributed by atoms with Crippen LogP contribution in [0.2, 0.25) is 0 Å². The molecule has 0 fully saturated rings. The van der Waals surface area contributed by atoms with Gasteiger partial charge < -0.3 is 20.6 Å². The highest BCUT2D eigenvalue weighted by Gasteiger charge is 2.29. The zero-order valence-corrected chi connectivity index (χ0v) is 15.0. The summed E-state index contributed by atoms with van der Waals surface area (Å²) in [5.41, 5.74) is 0.116. The lowest BCUT2D eigenvalue weighted by Gasteiger charge is -2.24. The van der Waals surface area contributed by atoms with Crippen LogP contribution in [0.15, 0.2) is 34.1 Å². The van der Waals surface area contributed by atoms with E-state index < -0.39 is 35.6 Å². The smallest absolute Gasteiger partial charge is 0.343 e. The molecule has 0 saturated heterocycles. The molecule has 0 spiro atoms. The molecule has 2 atom stereocenters. The van der Waals surface area contributed by atoms with Gasteiger partial charge in [-0.25, -0.2) is 4.79 Å². The van der Waals surface area contributed by atoms with Gasteiger partial charge in [0.05, 0.1) is 22.5 Å². The molecular formula is C15H16N2O7S2. The molecule has 9 nitrogen and oxygen atoms in total. The molecule has 1 aromatic rings. The Bertz CT molecular complexity index is 736. The van der Waals surface area contributed by atoms with Gasteiger partial charge >= 0.3 is 5.97 Å². The predicted molar refractivity (Wildman–Crippen MR) is 96.7 cm³/mol. The fourth-order valence-corrected chi connectivity index (χ4v) is 4.41. The molecule has 0 bridgehead atoms. The summed E-state index contributed by atoms with van der Waals surface area (Å²) in [5, 5.41) is 42.1. The number of rotatable bonds is 7. The molecule has 0 aromatic heterocycles. The molecule has 0 saturated carbocycles. The molecule has 26 heavy (non-hydrogen) atoms.